The molecule has 2 N–H and O–H groups in total. The minimum absolute atomic E-state index is 0.562. The first-order valence-corrected chi connectivity index (χ1v) is 3.62. The third-order valence-electron chi connectivity index (χ3n) is 1.96. The molecule has 10 heavy (non-hydrogen) atoms. The highest BCUT2D eigenvalue weighted by Gasteiger charge is 2.25. The molecule has 0 bridgehead atoms. The van der Waals surface area contributed by atoms with Gasteiger partial charge in [-0.05, 0) is 18.4 Å². The van der Waals surface area contributed by atoms with Crippen molar-refractivity contribution in [3.05, 3.63) is 10.4 Å². The van der Waals surface area contributed by atoms with E-state index in [9.17, 15) is 0 Å². The summed E-state index contributed by atoms with van der Waals surface area (Å²) in [5.41, 5.74) is 13.3. The summed E-state index contributed by atoms with van der Waals surface area (Å²) in [6.07, 6.45) is 5.10. The summed E-state index contributed by atoms with van der Waals surface area (Å²) in [4.78, 5) is 2.73. The molecule has 0 amide bonds. The summed E-state index contributed by atoms with van der Waals surface area (Å²) in [6.45, 7) is 0. The molecule has 1 aliphatic carbocycles. The molecule has 0 spiro atoms. The summed E-state index contributed by atoms with van der Waals surface area (Å²) in [5, 5.41) is 3.57. The fraction of sp³-hybridized carbons (Fsp3) is 1.00. The van der Waals surface area contributed by atoms with Crippen LogP contribution in [-0.4, -0.2) is 5.66 Å². The first-order valence-electron chi connectivity index (χ1n) is 3.62. The van der Waals surface area contributed by atoms with E-state index in [0.29, 0.717) is 0 Å². The Morgan fingerprint density at radius 1 is 1.30 bits per heavy atom. The minimum atomic E-state index is -0.562. The Labute approximate surface area is 60.0 Å². The molecule has 0 saturated heterocycles. The molecule has 0 atom stereocenters. The standard InChI is InChI=1S/C6H12N4/c7-6(9-10-8)4-2-1-3-5-6/h1-5,7H2. The molecule has 0 unspecified atom stereocenters. The number of nitrogens with zero attached hydrogens (tertiary/aromatic N) is 3. The van der Waals surface area contributed by atoms with Crippen LogP contribution in [0.15, 0.2) is 5.11 Å². The highest BCUT2D eigenvalue weighted by molar-refractivity contribution is 4.84. The maximum atomic E-state index is 8.16. The van der Waals surface area contributed by atoms with Gasteiger partial charge in [-0.15, -0.1) is 0 Å². The molecule has 0 aromatic heterocycles. The first kappa shape index (κ1) is 7.38. The fourth-order valence-corrected chi connectivity index (χ4v) is 1.35. The van der Waals surface area contributed by atoms with Gasteiger partial charge < -0.3 is 5.73 Å². The molecule has 4 heteroatoms. The van der Waals surface area contributed by atoms with E-state index >= 15 is 0 Å². The minimum Gasteiger partial charge on any atom is -0.320 e. The SMILES string of the molecule is [N-]=[N+]=NC1(N)CCCCC1. The Bertz CT molecular complexity index is 153. The number of rotatable bonds is 1. The van der Waals surface area contributed by atoms with Crippen LogP contribution in [0.2, 0.25) is 0 Å². The van der Waals surface area contributed by atoms with Crippen molar-refractivity contribution in [3.63, 3.8) is 0 Å². The van der Waals surface area contributed by atoms with E-state index in [-0.39, 0.29) is 0 Å². The van der Waals surface area contributed by atoms with Gasteiger partial charge in [0, 0.05) is 4.91 Å². The molecule has 1 aliphatic rings. The monoisotopic (exact) mass is 140 g/mol. The number of hydrogen-bond acceptors (Lipinski definition) is 2. The average Bonchev–Trinajstić information content (AvgIpc) is 1.89. The third kappa shape index (κ3) is 1.62. The molecule has 0 aromatic rings. The van der Waals surface area contributed by atoms with Crippen molar-refractivity contribution in [2.45, 2.75) is 37.8 Å². The predicted molar refractivity (Wildman–Crippen MR) is 39.1 cm³/mol. The van der Waals surface area contributed by atoms with Crippen molar-refractivity contribution < 1.29 is 0 Å². The molecule has 56 valence electrons. The normalized spacial score (nSPS) is 23.3. The summed E-state index contributed by atoms with van der Waals surface area (Å²) in [6, 6.07) is 0. The smallest absolute Gasteiger partial charge is 0.0950 e. The van der Waals surface area contributed by atoms with Crippen LogP contribution in [0.4, 0.5) is 0 Å². The van der Waals surface area contributed by atoms with E-state index < -0.39 is 5.66 Å². The van der Waals surface area contributed by atoms with Gasteiger partial charge in [-0.2, -0.15) is 0 Å². The van der Waals surface area contributed by atoms with Gasteiger partial charge in [-0.25, -0.2) is 0 Å². The van der Waals surface area contributed by atoms with E-state index in [4.69, 9.17) is 11.3 Å². The van der Waals surface area contributed by atoms with Crippen molar-refractivity contribution in [1.29, 1.82) is 0 Å². The largest absolute Gasteiger partial charge is 0.320 e. The number of hydrogen-bond donors (Lipinski definition) is 1. The molecular formula is C6H12N4. The van der Waals surface area contributed by atoms with Crippen molar-refractivity contribution in [1.82, 2.24) is 0 Å². The van der Waals surface area contributed by atoms with Crippen LogP contribution in [0.1, 0.15) is 32.1 Å². The Morgan fingerprint density at radius 2 is 1.90 bits per heavy atom. The van der Waals surface area contributed by atoms with Crippen molar-refractivity contribution in [3.8, 4) is 0 Å². The van der Waals surface area contributed by atoms with Gasteiger partial charge in [0.15, 0.2) is 0 Å². The lowest BCUT2D eigenvalue weighted by molar-refractivity contribution is 0.305. The zero-order valence-corrected chi connectivity index (χ0v) is 5.95. The van der Waals surface area contributed by atoms with Gasteiger partial charge in [-0.3, -0.25) is 0 Å². The quantitative estimate of drug-likeness (QED) is 0.337. The molecular weight excluding hydrogens is 128 g/mol. The molecule has 0 aliphatic heterocycles. The summed E-state index contributed by atoms with van der Waals surface area (Å²) < 4.78 is 0. The van der Waals surface area contributed by atoms with Crippen LogP contribution in [-0.2, 0) is 0 Å². The van der Waals surface area contributed by atoms with E-state index in [1.54, 1.807) is 0 Å². The highest BCUT2D eigenvalue weighted by atomic mass is 15.2. The maximum absolute atomic E-state index is 8.16. The molecule has 0 radical (unpaired) electrons. The Hall–Kier alpha value is -0.730. The topological polar surface area (TPSA) is 74.8 Å². The third-order valence-corrected chi connectivity index (χ3v) is 1.96. The van der Waals surface area contributed by atoms with Crippen LogP contribution in [0.25, 0.3) is 10.4 Å². The fourth-order valence-electron chi connectivity index (χ4n) is 1.35. The van der Waals surface area contributed by atoms with E-state index in [1.165, 1.54) is 6.42 Å². The van der Waals surface area contributed by atoms with Crippen LogP contribution in [0, 0.1) is 0 Å². The maximum Gasteiger partial charge on any atom is 0.0950 e. The molecule has 1 fully saturated rings. The van der Waals surface area contributed by atoms with Gasteiger partial charge in [-0.1, -0.05) is 24.4 Å². The second-order valence-electron chi connectivity index (χ2n) is 2.85. The highest BCUT2D eigenvalue weighted by Crippen LogP contribution is 2.26. The lowest BCUT2D eigenvalue weighted by Gasteiger charge is -2.27. The molecule has 1 saturated carbocycles. The van der Waals surface area contributed by atoms with Gasteiger partial charge >= 0.3 is 0 Å². The Morgan fingerprint density at radius 3 is 2.40 bits per heavy atom. The summed E-state index contributed by atoms with van der Waals surface area (Å²) in [5.74, 6) is 0. The molecule has 4 nitrogen and oxygen atoms in total. The Kier molecular flexibility index (Phi) is 2.14. The zero-order valence-electron chi connectivity index (χ0n) is 5.95. The van der Waals surface area contributed by atoms with Gasteiger partial charge in [0.25, 0.3) is 0 Å². The summed E-state index contributed by atoms with van der Waals surface area (Å²) in [7, 11) is 0. The van der Waals surface area contributed by atoms with Crippen LogP contribution in [0.3, 0.4) is 0 Å². The van der Waals surface area contributed by atoms with Gasteiger partial charge in [0.1, 0.15) is 0 Å². The molecule has 1 rings (SSSR count). The molecule has 0 aromatic carbocycles. The van der Waals surface area contributed by atoms with Crippen LogP contribution < -0.4 is 5.73 Å². The van der Waals surface area contributed by atoms with E-state index in [2.05, 4.69) is 10.0 Å². The Balaban J connectivity index is 2.56. The van der Waals surface area contributed by atoms with Crippen molar-refractivity contribution in [2.75, 3.05) is 0 Å². The average molecular weight is 140 g/mol. The first-order chi connectivity index (χ1) is 4.77. The van der Waals surface area contributed by atoms with E-state index in [1.807, 2.05) is 0 Å². The zero-order chi connectivity index (χ0) is 7.45. The van der Waals surface area contributed by atoms with Crippen LogP contribution in [0.5, 0.6) is 0 Å². The lowest BCUT2D eigenvalue weighted by Crippen LogP contribution is -2.38. The van der Waals surface area contributed by atoms with Crippen LogP contribution >= 0.6 is 0 Å². The number of nitrogens with two attached hydrogens (primary N) is 1. The predicted octanol–water partition coefficient (Wildman–Crippen LogP) is 1.92. The van der Waals surface area contributed by atoms with Crippen molar-refractivity contribution >= 4 is 0 Å². The number of azide groups is 1. The lowest BCUT2D eigenvalue weighted by atomic mass is 9.91. The molecule has 0 heterocycles. The summed E-state index contributed by atoms with van der Waals surface area (Å²) >= 11 is 0. The van der Waals surface area contributed by atoms with E-state index in [0.717, 1.165) is 25.7 Å². The van der Waals surface area contributed by atoms with Crippen molar-refractivity contribution in [2.24, 2.45) is 10.8 Å². The van der Waals surface area contributed by atoms with Gasteiger partial charge in [0.05, 0.1) is 5.66 Å². The second kappa shape index (κ2) is 2.90. The van der Waals surface area contributed by atoms with Gasteiger partial charge in [0.2, 0.25) is 0 Å². The second-order valence-corrected chi connectivity index (χ2v) is 2.85.